The van der Waals surface area contributed by atoms with Crippen molar-refractivity contribution in [3.63, 3.8) is 0 Å². The molecule has 0 unspecified atom stereocenters. The maximum absolute atomic E-state index is 10.8. The summed E-state index contributed by atoms with van der Waals surface area (Å²) in [5, 5.41) is 12.9. The van der Waals surface area contributed by atoms with Crippen molar-refractivity contribution in [3.05, 3.63) is 45.1 Å². The van der Waals surface area contributed by atoms with Gasteiger partial charge in [-0.3, -0.25) is 0 Å². The van der Waals surface area contributed by atoms with Crippen molar-refractivity contribution in [1.29, 1.82) is 0 Å². The highest BCUT2D eigenvalue weighted by Crippen LogP contribution is 2.23. The van der Waals surface area contributed by atoms with Gasteiger partial charge in [-0.2, -0.15) is 5.10 Å². The lowest BCUT2D eigenvalue weighted by Crippen LogP contribution is -2.00. The fourth-order valence-corrected chi connectivity index (χ4v) is 2.10. The SMILES string of the molecule is O=C(O)c1ccc(-n2cc(Br)cn2)c(Br)c1. The highest BCUT2D eigenvalue weighted by molar-refractivity contribution is 9.10. The third-order valence-electron chi connectivity index (χ3n) is 1.99. The Labute approximate surface area is 108 Å². The van der Waals surface area contributed by atoms with Crippen LogP contribution in [0.5, 0.6) is 0 Å². The van der Waals surface area contributed by atoms with E-state index >= 15 is 0 Å². The van der Waals surface area contributed by atoms with Gasteiger partial charge in [-0.1, -0.05) is 0 Å². The molecule has 1 heterocycles. The lowest BCUT2D eigenvalue weighted by molar-refractivity contribution is 0.0697. The smallest absolute Gasteiger partial charge is 0.335 e. The maximum atomic E-state index is 10.8. The predicted octanol–water partition coefficient (Wildman–Crippen LogP) is 3.10. The molecule has 0 radical (unpaired) electrons. The van der Waals surface area contributed by atoms with E-state index in [1.807, 2.05) is 0 Å². The topological polar surface area (TPSA) is 55.1 Å². The molecule has 0 atom stereocenters. The second-order valence-electron chi connectivity index (χ2n) is 3.07. The minimum Gasteiger partial charge on any atom is -0.478 e. The molecule has 0 saturated carbocycles. The van der Waals surface area contributed by atoms with Crippen LogP contribution < -0.4 is 0 Å². The number of aromatic carboxylic acids is 1. The minimum atomic E-state index is -0.950. The molecule has 2 aromatic rings. The Kier molecular flexibility index (Phi) is 3.11. The Morgan fingerprint density at radius 3 is 2.62 bits per heavy atom. The molecule has 0 aliphatic heterocycles. The molecule has 1 aromatic heterocycles. The van der Waals surface area contributed by atoms with Crippen molar-refractivity contribution in [2.24, 2.45) is 0 Å². The highest BCUT2D eigenvalue weighted by atomic mass is 79.9. The first kappa shape index (κ1) is 11.3. The monoisotopic (exact) mass is 344 g/mol. The number of carbonyl (C=O) groups is 1. The van der Waals surface area contributed by atoms with Crippen LogP contribution in [0.3, 0.4) is 0 Å². The predicted molar refractivity (Wildman–Crippen MR) is 65.9 cm³/mol. The van der Waals surface area contributed by atoms with Crippen molar-refractivity contribution in [2.75, 3.05) is 0 Å². The molecule has 6 heteroatoms. The first-order valence-corrected chi connectivity index (χ1v) is 5.90. The van der Waals surface area contributed by atoms with Crippen molar-refractivity contribution in [2.45, 2.75) is 0 Å². The number of hydrogen-bond acceptors (Lipinski definition) is 2. The number of carboxylic acid groups (broad SMARTS) is 1. The number of nitrogens with zero attached hydrogens (tertiary/aromatic N) is 2. The number of hydrogen-bond donors (Lipinski definition) is 1. The summed E-state index contributed by atoms with van der Waals surface area (Å²) in [5.74, 6) is -0.950. The van der Waals surface area contributed by atoms with Crippen LogP contribution in [0.2, 0.25) is 0 Å². The van der Waals surface area contributed by atoms with Gasteiger partial charge in [0.15, 0.2) is 0 Å². The zero-order valence-corrected chi connectivity index (χ0v) is 11.1. The summed E-state index contributed by atoms with van der Waals surface area (Å²) >= 11 is 6.62. The summed E-state index contributed by atoms with van der Waals surface area (Å²) < 4.78 is 3.20. The molecule has 4 nitrogen and oxygen atoms in total. The molecular weight excluding hydrogens is 340 g/mol. The van der Waals surface area contributed by atoms with Crippen molar-refractivity contribution in [1.82, 2.24) is 9.78 Å². The third kappa shape index (κ3) is 2.17. The summed E-state index contributed by atoms with van der Waals surface area (Å²) in [6, 6.07) is 4.79. The van der Waals surface area contributed by atoms with Gasteiger partial charge in [0, 0.05) is 10.7 Å². The van der Waals surface area contributed by atoms with Gasteiger partial charge in [-0.25, -0.2) is 9.48 Å². The van der Waals surface area contributed by atoms with Gasteiger partial charge in [0.2, 0.25) is 0 Å². The van der Waals surface area contributed by atoms with E-state index in [9.17, 15) is 4.79 Å². The Bertz CT molecular complexity index is 552. The van der Waals surface area contributed by atoms with E-state index in [1.54, 1.807) is 29.2 Å². The maximum Gasteiger partial charge on any atom is 0.335 e. The molecule has 0 aliphatic rings. The Balaban J connectivity index is 2.47. The zero-order valence-electron chi connectivity index (χ0n) is 7.89. The number of rotatable bonds is 2. The van der Waals surface area contributed by atoms with Gasteiger partial charge in [0.05, 0.1) is 21.9 Å². The van der Waals surface area contributed by atoms with Gasteiger partial charge in [0.1, 0.15) is 0 Å². The van der Waals surface area contributed by atoms with E-state index < -0.39 is 5.97 Å². The lowest BCUT2D eigenvalue weighted by Gasteiger charge is -2.05. The molecule has 1 N–H and O–H groups in total. The third-order valence-corrected chi connectivity index (χ3v) is 3.04. The number of carboxylic acids is 1. The first-order chi connectivity index (χ1) is 7.58. The van der Waals surface area contributed by atoms with Crippen LogP contribution in [-0.2, 0) is 0 Å². The van der Waals surface area contributed by atoms with Crippen LogP contribution >= 0.6 is 31.9 Å². The number of halogens is 2. The summed E-state index contributed by atoms with van der Waals surface area (Å²) in [7, 11) is 0. The largest absolute Gasteiger partial charge is 0.478 e. The molecule has 0 saturated heterocycles. The number of aromatic nitrogens is 2. The summed E-state index contributed by atoms with van der Waals surface area (Å²) in [5.41, 5.74) is 1.03. The van der Waals surface area contributed by atoms with E-state index in [-0.39, 0.29) is 5.56 Å². The molecule has 16 heavy (non-hydrogen) atoms. The van der Waals surface area contributed by atoms with E-state index in [1.165, 1.54) is 6.07 Å². The fraction of sp³-hybridized carbons (Fsp3) is 0. The van der Waals surface area contributed by atoms with Crippen LogP contribution in [0.25, 0.3) is 5.69 Å². The van der Waals surface area contributed by atoms with Gasteiger partial charge < -0.3 is 5.11 Å². The van der Waals surface area contributed by atoms with Crippen molar-refractivity contribution in [3.8, 4) is 5.69 Å². The molecule has 0 spiro atoms. The van der Waals surface area contributed by atoms with Crippen molar-refractivity contribution >= 4 is 37.8 Å². The Morgan fingerprint density at radius 1 is 1.38 bits per heavy atom. The summed E-state index contributed by atoms with van der Waals surface area (Å²) in [4.78, 5) is 10.8. The highest BCUT2D eigenvalue weighted by Gasteiger charge is 2.08. The van der Waals surface area contributed by atoms with Gasteiger partial charge in [-0.15, -0.1) is 0 Å². The second-order valence-corrected chi connectivity index (χ2v) is 4.84. The zero-order chi connectivity index (χ0) is 11.7. The Hall–Kier alpha value is -1.14. The normalized spacial score (nSPS) is 10.4. The fourth-order valence-electron chi connectivity index (χ4n) is 1.26. The molecule has 82 valence electrons. The van der Waals surface area contributed by atoms with Crippen LogP contribution in [0.4, 0.5) is 0 Å². The number of benzene rings is 1. The van der Waals surface area contributed by atoms with Gasteiger partial charge in [0.25, 0.3) is 0 Å². The Morgan fingerprint density at radius 2 is 2.12 bits per heavy atom. The minimum absolute atomic E-state index is 0.238. The summed E-state index contributed by atoms with van der Waals surface area (Å²) in [6.07, 6.45) is 3.46. The average Bonchev–Trinajstić information content (AvgIpc) is 2.64. The first-order valence-electron chi connectivity index (χ1n) is 4.31. The van der Waals surface area contributed by atoms with E-state index in [0.717, 1.165) is 10.2 Å². The lowest BCUT2D eigenvalue weighted by atomic mass is 10.2. The standard InChI is InChI=1S/C10H6Br2N2O2/c11-7-4-13-14(5-7)9-2-1-6(10(15)16)3-8(9)12/h1-5H,(H,15,16). The molecular formula is C10H6Br2N2O2. The van der Waals surface area contributed by atoms with E-state index in [2.05, 4.69) is 37.0 Å². The molecule has 2 rings (SSSR count). The van der Waals surface area contributed by atoms with Crippen LogP contribution in [0.15, 0.2) is 39.5 Å². The molecule has 0 amide bonds. The molecule has 0 fully saturated rings. The van der Waals surface area contributed by atoms with Crippen LogP contribution in [0, 0.1) is 0 Å². The van der Waals surface area contributed by atoms with E-state index in [4.69, 9.17) is 5.11 Å². The van der Waals surface area contributed by atoms with E-state index in [0.29, 0.717) is 4.47 Å². The molecule has 0 aliphatic carbocycles. The van der Waals surface area contributed by atoms with Gasteiger partial charge >= 0.3 is 5.97 Å². The second kappa shape index (κ2) is 4.39. The van der Waals surface area contributed by atoms with Crippen LogP contribution in [-0.4, -0.2) is 20.9 Å². The van der Waals surface area contributed by atoms with Crippen molar-refractivity contribution < 1.29 is 9.90 Å². The summed E-state index contributed by atoms with van der Waals surface area (Å²) in [6.45, 7) is 0. The average molecular weight is 346 g/mol. The quantitative estimate of drug-likeness (QED) is 0.909. The molecule has 0 bridgehead atoms. The van der Waals surface area contributed by atoms with Gasteiger partial charge in [-0.05, 0) is 50.1 Å². The molecule has 1 aromatic carbocycles. The van der Waals surface area contributed by atoms with Crippen LogP contribution in [0.1, 0.15) is 10.4 Å².